The number of thiazole rings is 1. The van der Waals surface area contributed by atoms with Gasteiger partial charge in [-0.3, -0.25) is 0 Å². The van der Waals surface area contributed by atoms with Gasteiger partial charge in [-0.25, -0.2) is 13.4 Å². The van der Waals surface area contributed by atoms with Crippen molar-refractivity contribution in [2.45, 2.75) is 5.75 Å². The third kappa shape index (κ3) is 3.04. The Morgan fingerprint density at radius 1 is 1.44 bits per heavy atom. The molecule has 0 aliphatic heterocycles. The van der Waals surface area contributed by atoms with Crippen LogP contribution in [-0.2, 0) is 15.6 Å². The van der Waals surface area contributed by atoms with E-state index in [0.29, 0.717) is 9.34 Å². The van der Waals surface area contributed by atoms with Crippen LogP contribution >= 0.6 is 34.3 Å². The van der Waals surface area contributed by atoms with Crippen molar-refractivity contribution in [2.24, 2.45) is 0 Å². The van der Waals surface area contributed by atoms with Crippen molar-refractivity contribution in [2.75, 3.05) is 6.26 Å². The van der Waals surface area contributed by atoms with Crippen molar-refractivity contribution in [3.05, 3.63) is 26.9 Å². The van der Waals surface area contributed by atoms with Gasteiger partial charge in [0.25, 0.3) is 0 Å². The third-order valence-corrected chi connectivity index (χ3v) is 4.85. The highest BCUT2D eigenvalue weighted by Gasteiger charge is 2.11. The first-order valence-corrected chi connectivity index (χ1v) is 8.45. The van der Waals surface area contributed by atoms with Crippen molar-refractivity contribution in [1.82, 2.24) is 4.98 Å². The molecule has 0 atom stereocenters. The Labute approximate surface area is 107 Å². The van der Waals surface area contributed by atoms with E-state index in [1.54, 1.807) is 6.07 Å². The second-order valence-electron chi connectivity index (χ2n) is 3.30. The number of hydrogen-bond acceptors (Lipinski definition) is 5. The zero-order valence-electron chi connectivity index (χ0n) is 8.31. The molecule has 2 rings (SSSR count). The molecule has 16 heavy (non-hydrogen) atoms. The van der Waals surface area contributed by atoms with Crippen LogP contribution in [0.4, 0.5) is 0 Å². The summed E-state index contributed by atoms with van der Waals surface area (Å²) in [5.41, 5.74) is 0.792. The molecule has 3 nitrogen and oxygen atoms in total. The van der Waals surface area contributed by atoms with Crippen LogP contribution in [0.15, 0.2) is 17.5 Å². The molecule has 7 heteroatoms. The molecule has 2 aromatic heterocycles. The molecule has 0 fully saturated rings. The van der Waals surface area contributed by atoms with Gasteiger partial charge in [0.2, 0.25) is 0 Å². The summed E-state index contributed by atoms with van der Waals surface area (Å²) in [6.45, 7) is 0. The van der Waals surface area contributed by atoms with Crippen LogP contribution in [0.25, 0.3) is 10.6 Å². The number of thiophene rings is 1. The first-order valence-electron chi connectivity index (χ1n) is 4.32. The summed E-state index contributed by atoms with van der Waals surface area (Å²) < 4.78 is 22.9. The van der Waals surface area contributed by atoms with Crippen LogP contribution in [0.1, 0.15) is 5.01 Å². The van der Waals surface area contributed by atoms with Crippen molar-refractivity contribution >= 4 is 44.1 Å². The van der Waals surface area contributed by atoms with E-state index < -0.39 is 9.84 Å². The Balaban J connectivity index is 2.26. The Hall–Kier alpha value is -0.430. The molecule has 2 aromatic rings. The number of hydrogen-bond donors (Lipinski definition) is 0. The van der Waals surface area contributed by atoms with Crippen molar-refractivity contribution in [3.63, 3.8) is 0 Å². The molecule has 0 amide bonds. The summed E-state index contributed by atoms with van der Waals surface area (Å²) in [5, 5.41) is 2.46. The van der Waals surface area contributed by atoms with E-state index in [2.05, 4.69) is 4.98 Å². The van der Waals surface area contributed by atoms with Crippen molar-refractivity contribution in [3.8, 4) is 10.6 Å². The van der Waals surface area contributed by atoms with Crippen LogP contribution in [0.5, 0.6) is 0 Å². The maximum absolute atomic E-state index is 11.1. The Morgan fingerprint density at radius 3 is 2.75 bits per heavy atom. The summed E-state index contributed by atoms with van der Waals surface area (Å²) in [4.78, 5) is 5.23. The maximum atomic E-state index is 11.1. The monoisotopic (exact) mass is 293 g/mol. The molecule has 0 spiro atoms. The highest BCUT2D eigenvalue weighted by Crippen LogP contribution is 2.31. The molecule has 0 radical (unpaired) electrons. The van der Waals surface area contributed by atoms with E-state index in [0.717, 1.165) is 10.6 Å². The fraction of sp³-hybridized carbons (Fsp3) is 0.222. The Bertz CT molecular complexity index is 600. The van der Waals surface area contributed by atoms with Gasteiger partial charge in [0.15, 0.2) is 9.84 Å². The summed E-state index contributed by atoms with van der Waals surface area (Å²) in [6, 6.07) is 3.68. The van der Waals surface area contributed by atoms with E-state index in [9.17, 15) is 8.42 Å². The Kier molecular flexibility index (Phi) is 3.34. The number of rotatable bonds is 3. The van der Waals surface area contributed by atoms with Gasteiger partial charge in [0.1, 0.15) is 10.8 Å². The topological polar surface area (TPSA) is 47.0 Å². The highest BCUT2D eigenvalue weighted by atomic mass is 35.5. The van der Waals surface area contributed by atoms with Crippen LogP contribution < -0.4 is 0 Å². The molecular formula is C9H8ClNO2S3. The number of aromatic nitrogens is 1. The molecule has 0 unspecified atom stereocenters. The predicted molar refractivity (Wildman–Crippen MR) is 69.0 cm³/mol. The number of halogens is 1. The maximum Gasteiger partial charge on any atom is 0.153 e. The first kappa shape index (κ1) is 12.0. The summed E-state index contributed by atoms with van der Waals surface area (Å²) >= 11 is 8.61. The SMILES string of the molecule is CS(=O)(=O)Cc1nc(-c2ccc(Cl)s2)cs1. The minimum Gasteiger partial charge on any atom is -0.239 e. The van der Waals surface area contributed by atoms with Crippen LogP contribution in [0.2, 0.25) is 4.34 Å². The number of nitrogens with zero attached hydrogens (tertiary/aromatic N) is 1. The molecule has 86 valence electrons. The second-order valence-corrected chi connectivity index (χ2v) is 8.10. The summed E-state index contributed by atoms with van der Waals surface area (Å²) in [6.07, 6.45) is 1.20. The number of sulfone groups is 1. The second kappa shape index (κ2) is 4.44. The van der Waals surface area contributed by atoms with Gasteiger partial charge >= 0.3 is 0 Å². The fourth-order valence-corrected chi connectivity index (χ4v) is 4.25. The van der Waals surface area contributed by atoms with Crippen molar-refractivity contribution < 1.29 is 8.42 Å². The Morgan fingerprint density at radius 2 is 2.19 bits per heavy atom. The smallest absolute Gasteiger partial charge is 0.153 e. The largest absolute Gasteiger partial charge is 0.239 e. The third-order valence-electron chi connectivity index (χ3n) is 1.76. The first-order chi connectivity index (χ1) is 7.44. The lowest BCUT2D eigenvalue weighted by molar-refractivity contribution is 0.601. The average molecular weight is 294 g/mol. The minimum atomic E-state index is -3.02. The van der Waals surface area contributed by atoms with Gasteiger partial charge in [-0.05, 0) is 12.1 Å². The average Bonchev–Trinajstić information content (AvgIpc) is 2.71. The quantitative estimate of drug-likeness (QED) is 0.874. The molecule has 0 aliphatic rings. The standard InChI is InChI=1S/C9H8ClNO2S3/c1-16(12,13)5-9-11-6(4-14-9)7-2-3-8(10)15-7/h2-4H,5H2,1H3. The van der Waals surface area contributed by atoms with Crippen LogP contribution in [-0.4, -0.2) is 19.7 Å². The van der Waals surface area contributed by atoms with Crippen molar-refractivity contribution in [1.29, 1.82) is 0 Å². The molecule has 0 saturated heterocycles. The molecule has 2 heterocycles. The van der Waals surface area contributed by atoms with E-state index in [-0.39, 0.29) is 5.75 Å². The van der Waals surface area contributed by atoms with E-state index in [1.165, 1.54) is 28.9 Å². The van der Waals surface area contributed by atoms with Gasteiger partial charge in [0.05, 0.1) is 14.9 Å². The molecule has 0 bridgehead atoms. The highest BCUT2D eigenvalue weighted by molar-refractivity contribution is 7.90. The minimum absolute atomic E-state index is 0.00320. The lowest BCUT2D eigenvalue weighted by atomic mass is 10.4. The molecule has 0 N–H and O–H groups in total. The lowest BCUT2D eigenvalue weighted by Gasteiger charge is -1.91. The molecular weight excluding hydrogens is 286 g/mol. The van der Waals surface area contributed by atoms with Gasteiger partial charge in [-0.15, -0.1) is 22.7 Å². The fourth-order valence-electron chi connectivity index (χ4n) is 1.17. The van der Waals surface area contributed by atoms with Gasteiger partial charge in [0, 0.05) is 11.6 Å². The van der Waals surface area contributed by atoms with Gasteiger partial charge in [-0.1, -0.05) is 11.6 Å². The predicted octanol–water partition coefficient (Wildman–Crippen LogP) is 3.07. The summed E-state index contributed by atoms with van der Waals surface area (Å²) in [5.74, 6) is -0.00320. The summed E-state index contributed by atoms with van der Waals surface area (Å²) in [7, 11) is -3.02. The van der Waals surface area contributed by atoms with E-state index >= 15 is 0 Å². The van der Waals surface area contributed by atoms with Crippen LogP contribution in [0, 0.1) is 0 Å². The van der Waals surface area contributed by atoms with E-state index in [4.69, 9.17) is 11.6 Å². The van der Waals surface area contributed by atoms with E-state index in [1.807, 2.05) is 11.4 Å². The zero-order valence-corrected chi connectivity index (χ0v) is 11.5. The zero-order chi connectivity index (χ0) is 11.8. The molecule has 0 saturated carbocycles. The molecule has 0 aromatic carbocycles. The lowest BCUT2D eigenvalue weighted by Crippen LogP contribution is -1.99. The van der Waals surface area contributed by atoms with Crippen LogP contribution in [0.3, 0.4) is 0 Å². The normalized spacial score (nSPS) is 11.9. The molecule has 0 aliphatic carbocycles. The van der Waals surface area contributed by atoms with Gasteiger partial charge < -0.3 is 0 Å². The van der Waals surface area contributed by atoms with Gasteiger partial charge in [-0.2, -0.15) is 0 Å².